The van der Waals surface area contributed by atoms with Gasteiger partial charge in [0.25, 0.3) is 0 Å². The van der Waals surface area contributed by atoms with Crippen LogP contribution in [-0.4, -0.2) is 21.1 Å². The number of rotatable bonds is 6. The molecular formula is C13H17ClN4O. The van der Waals surface area contributed by atoms with Gasteiger partial charge in [-0.25, -0.2) is 4.98 Å². The molecule has 102 valence electrons. The van der Waals surface area contributed by atoms with Crippen LogP contribution in [0.4, 0.5) is 0 Å². The molecule has 5 nitrogen and oxygen atoms in total. The van der Waals surface area contributed by atoms with E-state index in [4.69, 9.17) is 16.3 Å². The number of halogens is 1. The maximum atomic E-state index is 5.91. The predicted octanol–water partition coefficient (Wildman–Crippen LogP) is 2.16. The minimum Gasteiger partial charge on any atom is -0.484 e. The summed E-state index contributed by atoms with van der Waals surface area (Å²) in [6.07, 6.45) is 3.33. The van der Waals surface area contributed by atoms with Crippen LogP contribution in [0.15, 0.2) is 24.5 Å². The topological polar surface area (TPSA) is 52.0 Å². The van der Waals surface area contributed by atoms with Crippen LogP contribution in [0.5, 0.6) is 5.75 Å². The van der Waals surface area contributed by atoms with Gasteiger partial charge >= 0.3 is 0 Å². The highest BCUT2D eigenvalue weighted by Crippen LogP contribution is 2.13. The van der Waals surface area contributed by atoms with Gasteiger partial charge in [-0.05, 0) is 18.7 Å². The summed E-state index contributed by atoms with van der Waals surface area (Å²) in [7, 11) is 1.85. The average Bonchev–Trinajstić information content (AvgIpc) is 2.75. The van der Waals surface area contributed by atoms with Gasteiger partial charge in [-0.2, -0.15) is 0 Å². The Morgan fingerprint density at radius 2 is 2.16 bits per heavy atom. The number of pyridine rings is 1. The monoisotopic (exact) mass is 280 g/mol. The van der Waals surface area contributed by atoms with E-state index >= 15 is 0 Å². The second-order valence-electron chi connectivity index (χ2n) is 4.11. The Morgan fingerprint density at radius 1 is 1.32 bits per heavy atom. The van der Waals surface area contributed by atoms with Gasteiger partial charge in [0.2, 0.25) is 0 Å². The van der Waals surface area contributed by atoms with Crippen molar-refractivity contribution in [2.45, 2.75) is 20.1 Å². The van der Waals surface area contributed by atoms with E-state index in [-0.39, 0.29) is 0 Å². The average molecular weight is 281 g/mol. The lowest BCUT2D eigenvalue weighted by molar-refractivity contribution is 0.290. The van der Waals surface area contributed by atoms with E-state index in [1.165, 1.54) is 0 Å². The highest BCUT2D eigenvalue weighted by molar-refractivity contribution is 6.29. The highest BCUT2D eigenvalue weighted by atomic mass is 35.5. The van der Waals surface area contributed by atoms with Crippen LogP contribution in [-0.2, 0) is 20.2 Å². The number of hydrogen-bond acceptors (Lipinski definition) is 4. The molecule has 0 aromatic carbocycles. The molecule has 0 aliphatic rings. The van der Waals surface area contributed by atoms with Crippen LogP contribution in [0.2, 0.25) is 5.15 Å². The molecule has 0 radical (unpaired) electrons. The van der Waals surface area contributed by atoms with E-state index in [2.05, 4.69) is 22.2 Å². The minimum atomic E-state index is 0.372. The lowest BCUT2D eigenvalue weighted by atomic mass is 10.3. The first-order valence-electron chi connectivity index (χ1n) is 6.15. The van der Waals surface area contributed by atoms with E-state index in [0.29, 0.717) is 11.8 Å². The second-order valence-corrected chi connectivity index (χ2v) is 4.50. The summed E-state index contributed by atoms with van der Waals surface area (Å²) in [5.74, 6) is 1.50. The van der Waals surface area contributed by atoms with E-state index in [1.807, 2.05) is 19.2 Å². The van der Waals surface area contributed by atoms with E-state index in [0.717, 1.165) is 30.4 Å². The summed E-state index contributed by atoms with van der Waals surface area (Å²) < 4.78 is 7.41. The summed E-state index contributed by atoms with van der Waals surface area (Å²) in [4.78, 5) is 8.48. The molecule has 0 aliphatic carbocycles. The van der Waals surface area contributed by atoms with Crippen LogP contribution < -0.4 is 10.1 Å². The van der Waals surface area contributed by atoms with Gasteiger partial charge in [0.1, 0.15) is 23.3 Å². The zero-order valence-corrected chi connectivity index (χ0v) is 11.8. The Balaban J connectivity index is 1.91. The highest BCUT2D eigenvalue weighted by Gasteiger charge is 2.05. The number of imidazole rings is 1. The molecule has 0 aliphatic heterocycles. The van der Waals surface area contributed by atoms with Crippen LogP contribution in [0, 0.1) is 0 Å². The molecule has 2 rings (SSSR count). The normalized spacial score (nSPS) is 10.7. The van der Waals surface area contributed by atoms with Crippen LogP contribution in [0.1, 0.15) is 18.4 Å². The van der Waals surface area contributed by atoms with Crippen molar-refractivity contribution in [2.24, 2.45) is 7.05 Å². The van der Waals surface area contributed by atoms with Crippen molar-refractivity contribution in [3.63, 3.8) is 0 Å². The van der Waals surface area contributed by atoms with E-state index in [1.54, 1.807) is 17.0 Å². The predicted molar refractivity (Wildman–Crippen MR) is 74.2 cm³/mol. The lowest BCUT2D eigenvalue weighted by Crippen LogP contribution is -2.12. The van der Waals surface area contributed by atoms with Crippen molar-refractivity contribution in [3.8, 4) is 5.75 Å². The standard InChI is InChI=1S/C13H17ClN4O/c1-3-15-6-10-4-5-11(7-16-10)19-9-13-17-8-12(14)18(13)2/h4-5,7-8,15H,3,6,9H2,1-2H3. The van der Waals surface area contributed by atoms with Crippen LogP contribution >= 0.6 is 11.6 Å². The fourth-order valence-corrected chi connectivity index (χ4v) is 1.71. The fourth-order valence-electron chi connectivity index (χ4n) is 1.56. The summed E-state index contributed by atoms with van der Waals surface area (Å²) in [5, 5.41) is 3.82. The van der Waals surface area contributed by atoms with Crippen molar-refractivity contribution in [3.05, 3.63) is 41.2 Å². The largest absolute Gasteiger partial charge is 0.484 e. The number of aromatic nitrogens is 3. The van der Waals surface area contributed by atoms with Gasteiger partial charge in [0.15, 0.2) is 0 Å². The zero-order valence-electron chi connectivity index (χ0n) is 11.1. The van der Waals surface area contributed by atoms with Gasteiger partial charge in [0.05, 0.1) is 18.1 Å². The van der Waals surface area contributed by atoms with Gasteiger partial charge in [-0.15, -0.1) is 0 Å². The van der Waals surface area contributed by atoms with Crippen molar-refractivity contribution < 1.29 is 4.74 Å². The lowest BCUT2D eigenvalue weighted by Gasteiger charge is -2.07. The Labute approximate surface area is 117 Å². The smallest absolute Gasteiger partial charge is 0.147 e. The second kappa shape index (κ2) is 6.54. The molecule has 1 N–H and O–H groups in total. The maximum Gasteiger partial charge on any atom is 0.147 e. The number of ether oxygens (including phenoxy) is 1. The van der Waals surface area contributed by atoms with Crippen LogP contribution in [0.3, 0.4) is 0 Å². The fraction of sp³-hybridized carbons (Fsp3) is 0.385. The van der Waals surface area contributed by atoms with Gasteiger partial charge in [0, 0.05) is 13.6 Å². The molecule has 2 heterocycles. The van der Waals surface area contributed by atoms with Gasteiger partial charge < -0.3 is 14.6 Å². The maximum absolute atomic E-state index is 5.91. The first kappa shape index (κ1) is 13.8. The van der Waals surface area contributed by atoms with Gasteiger partial charge in [-0.3, -0.25) is 4.98 Å². The van der Waals surface area contributed by atoms with E-state index < -0.39 is 0 Å². The molecule has 6 heteroatoms. The minimum absolute atomic E-state index is 0.372. The Bertz CT molecular complexity index is 524. The third kappa shape index (κ3) is 3.68. The molecule has 0 amide bonds. The molecule has 0 unspecified atom stereocenters. The molecule has 2 aromatic rings. The molecule has 2 aromatic heterocycles. The van der Waals surface area contributed by atoms with Crippen molar-refractivity contribution in [2.75, 3.05) is 6.54 Å². The van der Waals surface area contributed by atoms with Crippen LogP contribution in [0.25, 0.3) is 0 Å². The number of hydrogen-bond donors (Lipinski definition) is 1. The Kier molecular flexibility index (Phi) is 4.76. The Hall–Kier alpha value is -1.59. The van der Waals surface area contributed by atoms with Crippen molar-refractivity contribution in [1.82, 2.24) is 19.9 Å². The number of nitrogens with zero attached hydrogens (tertiary/aromatic N) is 3. The summed E-state index contributed by atoms with van der Waals surface area (Å²) in [6, 6.07) is 3.85. The van der Waals surface area contributed by atoms with Crippen molar-refractivity contribution >= 4 is 11.6 Å². The zero-order chi connectivity index (χ0) is 13.7. The third-order valence-electron chi connectivity index (χ3n) is 2.75. The Morgan fingerprint density at radius 3 is 2.74 bits per heavy atom. The molecule has 0 spiro atoms. The molecule has 0 fully saturated rings. The molecular weight excluding hydrogens is 264 g/mol. The van der Waals surface area contributed by atoms with Crippen molar-refractivity contribution in [1.29, 1.82) is 0 Å². The van der Waals surface area contributed by atoms with E-state index in [9.17, 15) is 0 Å². The quantitative estimate of drug-likeness (QED) is 0.881. The third-order valence-corrected chi connectivity index (χ3v) is 3.10. The molecule has 0 bridgehead atoms. The summed E-state index contributed by atoms with van der Waals surface area (Å²) >= 11 is 5.91. The summed E-state index contributed by atoms with van der Waals surface area (Å²) in [6.45, 7) is 4.14. The van der Waals surface area contributed by atoms with Gasteiger partial charge in [-0.1, -0.05) is 18.5 Å². The molecule has 0 saturated carbocycles. The molecule has 0 saturated heterocycles. The molecule has 19 heavy (non-hydrogen) atoms. The number of nitrogens with one attached hydrogen (secondary N) is 1. The first-order chi connectivity index (χ1) is 9.20. The molecule has 0 atom stereocenters. The SMILES string of the molecule is CCNCc1ccc(OCc2ncc(Cl)n2C)cn1. The summed E-state index contributed by atoms with van der Waals surface area (Å²) in [5.41, 5.74) is 0.995. The first-order valence-corrected chi connectivity index (χ1v) is 6.53.